The molecule has 0 aliphatic carbocycles. The van der Waals surface area contributed by atoms with Gasteiger partial charge in [-0.25, -0.2) is 19.2 Å². The van der Waals surface area contributed by atoms with Crippen molar-refractivity contribution in [3.63, 3.8) is 0 Å². The van der Waals surface area contributed by atoms with E-state index in [1.807, 2.05) is 52.4 Å². The molecule has 2 aromatic carbocycles. The van der Waals surface area contributed by atoms with Crippen LogP contribution in [0.5, 0.6) is 0 Å². The molecule has 0 amide bonds. The number of aromatic nitrogens is 7. The van der Waals surface area contributed by atoms with E-state index in [1.54, 1.807) is 10.9 Å². The summed E-state index contributed by atoms with van der Waals surface area (Å²) in [5, 5.41) is 15.7. The van der Waals surface area contributed by atoms with E-state index in [0.29, 0.717) is 22.4 Å². The zero-order chi connectivity index (χ0) is 20.8. The number of hydrogen-bond donors (Lipinski definition) is 1. The average Bonchev–Trinajstić information content (AvgIpc) is 3.49. The van der Waals surface area contributed by atoms with Crippen molar-refractivity contribution in [1.29, 1.82) is 0 Å². The maximum atomic E-state index is 6.13. The molecule has 0 radical (unpaired) electrons. The molecular weight excluding hydrogens is 432 g/mol. The Balaban J connectivity index is 1.39. The van der Waals surface area contributed by atoms with Crippen LogP contribution in [0.1, 0.15) is 0 Å². The van der Waals surface area contributed by atoms with Crippen LogP contribution in [0.25, 0.3) is 32.9 Å². The molecule has 0 unspecified atom stereocenters. The standard InChI is InChI=1S/C21H13ClN8S/c22-14-7-4-8-15(9-14)29-19-16(10-25-29)18(23-12-24-19)26-20-27-21-30(28-20)17(11-31-21)13-5-2-1-3-6-13/h1-12H,(H,23,24,26,28). The van der Waals surface area contributed by atoms with E-state index < -0.39 is 0 Å². The van der Waals surface area contributed by atoms with Gasteiger partial charge in [0.05, 0.1) is 23.0 Å². The summed E-state index contributed by atoms with van der Waals surface area (Å²) in [5.74, 6) is 1.04. The Hall–Kier alpha value is -3.82. The number of thiazole rings is 1. The summed E-state index contributed by atoms with van der Waals surface area (Å²) in [4.78, 5) is 14.2. The van der Waals surface area contributed by atoms with Gasteiger partial charge in [0.15, 0.2) is 5.65 Å². The van der Waals surface area contributed by atoms with E-state index in [2.05, 4.69) is 42.6 Å². The number of rotatable bonds is 4. The van der Waals surface area contributed by atoms with Crippen molar-refractivity contribution < 1.29 is 0 Å². The van der Waals surface area contributed by atoms with Gasteiger partial charge in [-0.3, -0.25) is 0 Å². The van der Waals surface area contributed by atoms with Crippen molar-refractivity contribution >= 4 is 50.7 Å². The molecule has 150 valence electrons. The molecule has 0 saturated heterocycles. The average molecular weight is 445 g/mol. The van der Waals surface area contributed by atoms with Crippen LogP contribution < -0.4 is 5.32 Å². The van der Waals surface area contributed by atoms with Gasteiger partial charge in [0.2, 0.25) is 10.9 Å². The van der Waals surface area contributed by atoms with Gasteiger partial charge in [-0.2, -0.15) is 10.1 Å². The smallest absolute Gasteiger partial charge is 0.249 e. The van der Waals surface area contributed by atoms with Gasteiger partial charge in [0, 0.05) is 16.0 Å². The number of nitrogens with zero attached hydrogens (tertiary/aromatic N) is 7. The molecule has 0 bridgehead atoms. The number of benzene rings is 2. The van der Waals surface area contributed by atoms with E-state index in [-0.39, 0.29) is 0 Å². The molecule has 1 N–H and O–H groups in total. The second kappa shape index (κ2) is 7.15. The second-order valence-electron chi connectivity index (χ2n) is 6.74. The van der Waals surface area contributed by atoms with Crippen molar-refractivity contribution in [2.45, 2.75) is 0 Å². The van der Waals surface area contributed by atoms with E-state index in [4.69, 9.17) is 11.6 Å². The summed E-state index contributed by atoms with van der Waals surface area (Å²) in [7, 11) is 0. The van der Waals surface area contributed by atoms with Gasteiger partial charge in [-0.15, -0.1) is 16.4 Å². The molecule has 6 aromatic rings. The van der Waals surface area contributed by atoms with Gasteiger partial charge in [0.1, 0.15) is 12.1 Å². The highest BCUT2D eigenvalue weighted by atomic mass is 35.5. The summed E-state index contributed by atoms with van der Waals surface area (Å²) in [6, 6.07) is 17.5. The van der Waals surface area contributed by atoms with Crippen LogP contribution in [-0.2, 0) is 0 Å². The van der Waals surface area contributed by atoms with Crippen LogP contribution in [-0.4, -0.2) is 34.3 Å². The SMILES string of the molecule is Clc1cccc(-n2ncc3c(Nc4nc5scc(-c6ccccc6)n5n4)ncnc32)c1. The predicted molar refractivity (Wildman–Crippen MR) is 121 cm³/mol. The molecule has 6 rings (SSSR count). The molecule has 31 heavy (non-hydrogen) atoms. The van der Waals surface area contributed by atoms with Gasteiger partial charge in [-0.05, 0) is 18.2 Å². The van der Waals surface area contributed by atoms with E-state index in [1.165, 1.54) is 17.7 Å². The minimum absolute atomic E-state index is 0.458. The van der Waals surface area contributed by atoms with Crippen LogP contribution in [0.15, 0.2) is 72.5 Å². The molecule has 0 spiro atoms. The predicted octanol–water partition coefficient (Wildman–Crippen LogP) is 4.98. The Morgan fingerprint density at radius 2 is 1.90 bits per heavy atom. The molecule has 4 heterocycles. The highest BCUT2D eigenvalue weighted by molar-refractivity contribution is 7.15. The van der Waals surface area contributed by atoms with Crippen LogP contribution in [0, 0.1) is 0 Å². The fraction of sp³-hybridized carbons (Fsp3) is 0. The topological polar surface area (TPSA) is 85.8 Å². The monoisotopic (exact) mass is 444 g/mol. The van der Waals surface area contributed by atoms with Crippen LogP contribution in [0.4, 0.5) is 11.8 Å². The van der Waals surface area contributed by atoms with Gasteiger partial charge >= 0.3 is 0 Å². The fourth-order valence-corrected chi connectivity index (χ4v) is 4.40. The van der Waals surface area contributed by atoms with Gasteiger partial charge < -0.3 is 5.32 Å². The molecule has 4 aromatic heterocycles. The zero-order valence-electron chi connectivity index (χ0n) is 15.8. The Morgan fingerprint density at radius 1 is 1.00 bits per heavy atom. The molecule has 0 aliphatic rings. The lowest BCUT2D eigenvalue weighted by molar-refractivity contribution is 0.895. The first kappa shape index (κ1) is 18.0. The minimum Gasteiger partial charge on any atom is -0.307 e. The third kappa shape index (κ3) is 3.11. The summed E-state index contributed by atoms with van der Waals surface area (Å²) >= 11 is 7.67. The van der Waals surface area contributed by atoms with Crippen molar-refractivity contribution in [3.8, 4) is 16.9 Å². The molecule has 0 atom stereocenters. The number of fused-ring (bicyclic) bond motifs is 2. The number of nitrogens with one attached hydrogen (secondary N) is 1. The lowest BCUT2D eigenvalue weighted by atomic mass is 10.2. The largest absolute Gasteiger partial charge is 0.307 e. The van der Waals surface area contributed by atoms with Crippen LogP contribution >= 0.6 is 22.9 Å². The Bertz CT molecular complexity index is 1540. The maximum absolute atomic E-state index is 6.13. The van der Waals surface area contributed by atoms with Crippen LogP contribution in [0.2, 0.25) is 5.02 Å². The molecule has 0 saturated carbocycles. The van der Waals surface area contributed by atoms with Crippen molar-refractivity contribution in [1.82, 2.24) is 34.3 Å². The molecule has 0 aliphatic heterocycles. The number of anilines is 2. The van der Waals surface area contributed by atoms with Crippen molar-refractivity contribution in [3.05, 3.63) is 77.5 Å². The van der Waals surface area contributed by atoms with E-state index in [9.17, 15) is 0 Å². The Labute approximate surface area is 184 Å². The Kier molecular flexibility index (Phi) is 4.15. The third-order valence-corrected chi connectivity index (χ3v) is 5.85. The molecule has 0 fully saturated rings. The van der Waals surface area contributed by atoms with E-state index in [0.717, 1.165) is 27.3 Å². The summed E-state index contributed by atoms with van der Waals surface area (Å²) in [5.41, 5.74) is 3.55. The van der Waals surface area contributed by atoms with Crippen LogP contribution in [0.3, 0.4) is 0 Å². The van der Waals surface area contributed by atoms with E-state index >= 15 is 0 Å². The van der Waals surface area contributed by atoms with Crippen molar-refractivity contribution in [2.75, 3.05) is 5.32 Å². The summed E-state index contributed by atoms with van der Waals surface area (Å²) in [6.07, 6.45) is 3.20. The normalized spacial score (nSPS) is 11.4. The fourth-order valence-electron chi connectivity index (χ4n) is 3.39. The van der Waals surface area contributed by atoms with Gasteiger partial charge in [-0.1, -0.05) is 48.0 Å². The molecule has 10 heteroatoms. The highest BCUT2D eigenvalue weighted by Gasteiger charge is 2.15. The Morgan fingerprint density at radius 3 is 2.77 bits per heavy atom. The van der Waals surface area contributed by atoms with Crippen molar-refractivity contribution in [2.24, 2.45) is 0 Å². The zero-order valence-corrected chi connectivity index (χ0v) is 17.4. The first-order chi connectivity index (χ1) is 15.3. The number of hydrogen-bond acceptors (Lipinski definition) is 7. The first-order valence-corrected chi connectivity index (χ1v) is 10.6. The number of halogens is 1. The second-order valence-corrected chi connectivity index (χ2v) is 8.01. The first-order valence-electron chi connectivity index (χ1n) is 9.38. The minimum atomic E-state index is 0.458. The molecular formula is C21H13ClN8S. The lowest BCUT2D eigenvalue weighted by Crippen LogP contribution is -2.00. The lowest BCUT2D eigenvalue weighted by Gasteiger charge is -2.05. The quantitative estimate of drug-likeness (QED) is 0.412. The third-order valence-electron chi connectivity index (χ3n) is 4.80. The highest BCUT2D eigenvalue weighted by Crippen LogP contribution is 2.28. The summed E-state index contributed by atoms with van der Waals surface area (Å²) < 4.78 is 3.55. The summed E-state index contributed by atoms with van der Waals surface area (Å²) in [6.45, 7) is 0. The molecule has 8 nitrogen and oxygen atoms in total. The maximum Gasteiger partial charge on any atom is 0.249 e. The van der Waals surface area contributed by atoms with Gasteiger partial charge in [0.25, 0.3) is 0 Å².